The molecule has 0 unspecified atom stereocenters. The third-order valence-corrected chi connectivity index (χ3v) is 3.40. The number of benzene rings is 2. The van der Waals surface area contributed by atoms with Gasteiger partial charge in [-0.15, -0.1) is 0 Å². The third kappa shape index (κ3) is 3.74. The number of nitrogens with one attached hydrogen (secondary N) is 2. The number of hydrogen-bond donors (Lipinski definition) is 3. The van der Waals surface area contributed by atoms with Gasteiger partial charge in [0.2, 0.25) is 0 Å². The van der Waals surface area contributed by atoms with Gasteiger partial charge in [0.05, 0.1) is 7.11 Å². The molecule has 0 fully saturated rings. The standard InChI is InChI=1S/C17H15F2N5O/c1-25-12-4-2-3-10(7-12)23-16-15(20)17(22-9-21-16)24-11-5-6-13(18)14(19)8-11/h2-9H,20H2,1H3,(H2,21,22,23,24). The highest BCUT2D eigenvalue weighted by Crippen LogP contribution is 2.29. The number of rotatable bonds is 5. The van der Waals surface area contributed by atoms with Gasteiger partial charge in [-0.2, -0.15) is 0 Å². The van der Waals surface area contributed by atoms with Crippen molar-refractivity contribution in [3.8, 4) is 5.75 Å². The van der Waals surface area contributed by atoms with Crippen molar-refractivity contribution in [2.24, 2.45) is 0 Å². The Morgan fingerprint density at radius 3 is 2.24 bits per heavy atom. The number of anilines is 5. The molecule has 0 amide bonds. The highest BCUT2D eigenvalue weighted by molar-refractivity contribution is 5.80. The number of nitrogens with two attached hydrogens (primary N) is 1. The molecule has 3 aromatic rings. The zero-order valence-corrected chi connectivity index (χ0v) is 13.3. The summed E-state index contributed by atoms with van der Waals surface area (Å²) < 4.78 is 31.5. The van der Waals surface area contributed by atoms with Crippen molar-refractivity contribution < 1.29 is 13.5 Å². The summed E-state index contributed by atoms with van der Waals surface area (Å²) >= 11 is 0. The average molecular weight is 343 g/mol. The second-order valence-electron chi connectivity index (χ2n) is 5.10. The summed E-state index contributed by atoms with van der Waals surface area (Å²) in [5.41, 5.74) is 7.34. The third-order valence-electron chi connectivity index (χ3n) is 3.40. The molecule has 8 heteroatoms. The summed E-state index contributed by atoms with van der Waals surface area (Å²) in [6.07, 6.45) is 1.31. The molecule has 0 aliphatic rings. The Morgan fingerprint density at radius 1 is 0.920 bits per heavy atom. The van der Waals surface area contributed by atoms with Crippen molar-refractivity contribution in [1.29, 1.82) is 0 Å². The zero-order valence-electron chi connectivity index (χ0n) is 13.3. The van der Waals surface area contributed by atoms with Crippen molar-refractivity contribution in [3.05, 3.63) is 60.4 Å². The van der Waals surface area contributed by atoms with E-state index in [1.54, 1.807) is 13.2 Å². The summed E-state index contributed by atoms with van der Waals surface area (Å²) in [6, 6.07) is 10.7. The van der Waals surface area contributed by atoms with Crippen LogP contribution in [0.4, 0.5) is 37.5 Å². The summed E-state index contributed by atoms with van der Waals surface area (Å²) in [6.45, 7) is 0. The molecule has 6 nitrogen and oxygen atoms in total. The first-order valence-corrected chi connectivity index (χ1v) is 7.30. The maximum atomic E-state index is 13.3. The van der Waals surface area contributed by atoms with E-state index >= 15 is 0 Å². The van der Waals surface area contributed by atoms with Gasteiger partial charge in [0.15, 0.2) is 23.3 Å². The molecular formula is C17H15F2N5O. The molecule has 1 aromatic heterocycles. The molecule has 128 valence electrons. The van der Waals surface area contributed by atoms with Crippen LogP contribution < -0.4 is 21.1 Å². The molecule has 4 N–H and O–H groups in total. The monoisotopic (exact) mass is 343 g/mol. The van der Waals surface area contributed by atoms with Crippen LogP contribution in [0, 0.1) is 11.6 Å². The van der Waals surface area contributed by atoms with Crippen LogP contribution >= 0.6 is 0 Å². The van der Waals surface area contributed by atoms with Gasteiger partial charge in [-0.25, -0.2) is 18.7 Å². The lowest BCUT2D eigenvalue weighted by Gasteiger charge is -2.13. The number of ether oxygens (including phenoxy) is 1. The Kier molecular flexibility index (Phi) is 4.60. The van der Waals surface area contributed by atoms with Gasteiger partial charge >= 0.3 is 0 Å². The fourth-order valence-electron chi connectivity index (χ4n) is 2.14. The lowest BCUT2D eigenvalue weighted by molar-refractivity contribution is 0.415. The SMILES string of the molecule is COc1cccc(Nc2ncnc(Nc3ccc(F)c(F)c3)c2N)c1. The smallest absolute Gasteiger partial charge is 0.160 e. The molecule has 0 saturated heterocycles. The van der Waals surface area contributed by atoms with Gasteiger partial charge in [-0.1, -0.05) is 6.07 Å². The highest BCUT2D eigenvalue weighted by Gasteiger charge is 2.10. The van der Waals surface area contributed by atoms with Crippen LogP contribution in [0.5, 0.6) is 5.75 Å². The lowest BCUT2D eigenvalue weighted by Crippen LogP contribution is -2.05. The minimum atomic E-state index is -0.965. The van der Waals surface area contributed by atoms with E-state index in [0.29, 0.717) is 17.3 Å². The first kappa shape index (κ1) is 16.4. The first-order valence-electron chi connectivity index (χ1n) is 7.30. The van der Waals surface area contributed by atoms with Crippen LogP contribution in [0.1, 0.15) is 0 Å². The van der Waals surface area contributed by atoms with E-state index in [-0.39, 0.29) is 11.5 Å². The van der Waals surface area contributed by atoms with Gasteiger partial charge < -0.3 is 21.1 Å². The average Bonchev–Trinajstić information content (AvgIpc) is 2.62. The molecule has 0 spiro atoms. The fourth-order valence-corrected chi connectivity index (χ4v) is 2.14. The minimum absolute atomic E-state index is 0.232. The summed E-state index contributed by atoms with van der Waals surface area (Å²) in [7, 11) is 1.57. The Labute approximate surface area is 142 Å². The quantitative estimate of drug-likeness (QED) is 0.653. The molecule has 0 saturated carbocycles. The summed E-state index contributed by atoms with van der Waals surface area (Å²) in [4.78, 5) is 8.13. The summed E-state index contributed by atoms with van der Waals surface area (Å²) in [5.74, 6) is -0.577. The number of halogens is 2. The molecule has 0 atom stereocenters. The second-order valence-corrected chi connectivity index (χ2v) is 5.10. The molecule has 25 heavy (non-hydrogen) atoms. The van der Waals surface area contributed by atoms with E-state index in [0.717, 1.165) is 17.8 Å². The van der Waals surface area contributed by atoms with Crippen LogP contribution in [0.25, 0.3) is 0 Å². The number of aromatic nitrogens is 2. The molecular weight excluding hydrogens is 328 g/mol. The van der Waals surface area contributed by atoms with Gasteiger partial charge in [-0.05, 0) is 24.3 Å². The Balaban J connectivity index is 1.85. The van der Waals surface area contributed by atoms with Crippen molar-refractivity contribution in [3.63, 3.8) is 0 Å². The lowest BCUT2D eigenvalue weighted by atomic mass is 10.3. The number of nitrogens with zero attached hydrogens (tertiary/aromatic N) is 2. The number of methoxy groups -OCH3 is 1. The molecule has 0 radical (unpaired) electrons. The second kappa shape index (κ2) is 7.00. The van der Waals surface area contributed by atoms with E-state index in [1.165, 1.54) is 12.4 Å². The number of hydrogen-bond acceptors (Lipinski definition) is 6. The van der Waals surface area contributed by atoms with E-state index in [9.17, 15) is 8.78 Å². The molecule has 0 aliphatic carbocycles. The fraction of sp³-hybridized carbons (Fsp3) is 0.0588. The maximum Gasteiger partial charge on any atom is 0.160 e. The molecule has 1 heterocycles. The normalized spacial score (nSPS) is 10.4. The zero-order chi connectivity index (χ0) is 17.8. The van der Waals surface area contributed by atoms with Gasteiger partial charge in [0.25, 0.3) is 0 Å². The minimum Gasteiger partial charge on any atom is -0.497 e. The maximum absolute atomic E-state index is 13.3. The first-order chi connectivity index (χ1) is 12.1. The Bertz CT molecular complexity index is 904. The van der Waals surface area contributed by atoms with Crippen LogP contribution in [-0.4, -0.2) is 17.1 Å². The Hall–Kier alpha value is -3.42. The van der Waals surface area contributed by atoms with Crippen molar-refractivity contribution in [2.75, 3.05) is 23.5 Å². The van der Waals surface area contributed by atoms with Gasteiger partial charge in [0, 0.05) is 23.5 Å². The van der Waals surface area contributed by atoms with E-state index in [2.05, 4.69) is 20.6 Å². The van der Waals surface area contributed by atoms with Crippen LogP contribution in [0.15, 0.2) is 48.8 Å². The van der Waals surface area contributed by atoms with Crippen molar-refractivity contribution >= 4 is 28.7 Å². The van der Waals surface area contributed by atoms with Gasteiger partial charge in [-0.3, -0.25) is 0 Å². The summed E-state index contributed by atoms with van der Waals surface area (Å²) in [5, 5.41) is 5.90. The Morgan fingerprint density at radius 2 is 1.60 bits per heavy atom. The number of nitrogen functional groups attached to an aromatic ring is 1. The molecule has 0 aliphatic heterocycles. The van der Waals surface area contributed by atoms with Crippen LogP contribution in [0.2, 0.25) is 0 Å². The predicted octanol–water partition coefficient (Wildman–Crippen LogP) is 3.83. The molecule has 0 bridgehead atoms. The molecule has 3 rings (SSSR count). The van der Waals surface area contributed by atoms with E-state index in [4.69, 9.17) is 10.5 Å². The topological polar surface area (TPSA) is 85.1 Å². The largest absolute Gasteiger partial charge is 0.497 e. The highest BCUT2D eigenvalue weighted by atomic mass is 19.2. The van der Waals surface area contributed by atoms with E-state index in [1.807, 2.05) is 18.2 Å². The van der Waals surface area contributed by atoms with Crippen LogP contribution in [-0.2, 0) is 0 Å². The van der Waals surface area contributed by atoms with E-state index < -0.39 is 11.6 Å². The molecule has 2 aromatic carbocycles. The van der Waals surface area contributed by atoms with Crippen molar-refractivity contribution in [2.45, 2.75) is 0 Å². The predicted molar refractivity (Wildman–Crippen MR) is 92.4 cm³/mol. The van der Waals surface area contributed by atoms with Crippen LogP contribution in [0.3, 0.4) is 0 Å². The van der Waals surface area contributed by atoms with Crippen molar-refractivity contribution in [1.82, 2.24) is 9.97 Å². The van der Waals surface area contributed by atoms with Gasteiger partial charge in [0.1, 0.15) is 17.8 Å².